The van der Waals surface area contributed by atoms with Gasteiger partial charge in [0.25, 0.3) is 0 Å². The number of nitrogens with zero attached hydrogens (tertiary/aromatic N) is 1. The highest BCUT2D eigenvalue weighted by Gasteiger charge is 2.24. The highest BCUT2D eigenvalue weighted by atomic mass is 16.2. The predicted octanol–water partition coefficient (Wildman–Crippen LogP) is 1.65. The van der Waals surface area contributed by atoms with Gasteiger partial charge in [-0.3, -0.25) is 4.79 Å². The van der Waals surface area contributed by atoms with Crippen LogP contribution in [-0.4, -0.2) is 23.4 Å². The van der Waals surface area contributed by atoms with E-state index in [2.05, 4.69) is 20.8 Å². The lowest BCUT2D eigenvalue weighted by Gasteiger charge is -2.33. The molecular weight excluding hydrogens is 138 g/mol. The molecule has 1 fully saturated rings. The number of carbonyl (C=O) groups excluding carboxylic acids is 1. The number of hydrogen-bond donors (Lipinski definition) is 0. The molecule has 1 rings (SSSR count). The van der Waals surface area contributed by atoms with Crippen LogP contribution >= 0.6 is 0 Å². The van der Waals surface area contributed by atoms with Crippen molar-refractivity contribution < 1.29 is 4.79 Å². The highest BCUT2D eigenvalue weighted by Crippen LogP contribution is 2.18. The zero-order chi connectivity index (χ0) is 8.43. The van der Waals surface area contributed by atoms with Crippen LogP contribution in [0.1, 0.15) is 33.6 Å². The average Bonchev–Trinajstić information content (AvgIpc) is 1.85. The third-order valence-corrected chi connectivity index (χ3v) is 2.33. The van der Waals surface area contributed by atoms with Crippen LogP contribution in [0.3, 0.4) is 0 Å². The minimum atomic E-state index is 0.332. The number of carbonyl (C=O) groups is 1. The molecule has 0 bridgehead atoms. The standard InChI is InChI=1S/C9H17NO/c1-7(2)10-5-4-8(3)6-9(10)11/h7-8H,4-6H2,1-3H3/t8-/m1/s1. The van der Waals surface area contributed by atoms with Crippen molar-refractivity contribution in [3.8, 4) is 0 Å². The Morgan fingerprint density at radius 3 is 2.64 bits per heavy atom. The summed E-state index contributed by atoms with van der Waals surface area (Å²) in [6.45, 7) is 7.26. The van der Waals surface area contributed by atoms with E-state index in [0.29, 0.717) is 17.9 Å². The number of hydrogen-bond acceptors (Lipinski definition) is 1. The molecule has 1 saturated heterocycles. The lowest BCUT2D eigenvalue weighted by molar-refractivity contribution is -0.136. The van der Waals surface area contributed by atoms with Crippen LogP contribution in [0.15, 0.2) is 0 Å². The van der Waals surface area contributed by atoms with Crippen LogP contribution in [0.2, 0.25) is 0 Å². The van der Waals surface area contributed by atoms with E-state index in [1.54, 1.807) is 0 Å². The van der Waals surface area contributed by atoms with Crippen molar-refractivity contribution in [1.82, 2.24) is 4.90 Å². The molecule has 0 saturated carbocycles. The van der Waals surface area contributed by atoms with E-state index < -0.39 is 0 Å². The molecule has 1 aliphatic heterocycles. The van der Waals surface area contributed by atoms with E-state index in [4.69, 9.17) is 0 Å². The summed E-state index contributed by atoms with van der Waals surface area (Å²) in [6.07, 6.45) is 1.92. The lowest BCUT2D eigenvalue weighted by atomic mass is 9.98. The molecule has 2 nitrogen and oxygen atoms in total. The first-order valence-corrected chi connectivity index (χ1v) is 4.40. The summed E-state index contributed by atoms with van der Waals surface area (Å²) in [7, 11) is 0. The monoisotopic (exact) mass is 155 g/mol. The fourth-order valence-electron chi connectivity index (χ4n) is 1.55. The molecule has 0 aromatic carbocycles. The van der Waals surface area contributed by atoms with Crippen molar-refractivity contribution >= 4 is 5.91 Å². The summed E-state index contributed by atoms with van der Waals surface area (Å²) in [5.41, 5.74) is 0. The molecule has 11 heavy (non-hydrogen) atoms. The fraction of sp³-hybridized carbons (Fsp3) is 0.889. The zero-order valence-corrected chi connectivity index (χ0v) is 7.63. The van der Waals surface area contributed by atoms with Gasteiger partial charge in [0.2, 0.25) is 5.91 Å². The molecule has 1 heterocycles. The van der Waals surface area contributed by atoms with Crippen LogP contribution in [-0.2, 0) is 4.79 Å². The van der Waals surface area contributed by atoms with Gasteiger partial charge >= 0.3 is 0 Å². The van der Waals surface area contributed by atoms with E-state index in [-0.39, 0.29) is 0 Å². The van der Waals surface area contributed by atoms with Crippen molar-refractivity contribution in [2.45, 2.75) is 39.7 Å². The molecule has 0 aromatic rings. The molecular formula is C9H17NO. The van der Waals surface area contributed by atoms with Gasteiger partial charge in [-0.1, -0.05) is 6.92 Å². The Kier molecular flexibility index (Phi) is 2.53. The summed E-state index contributed by atoms with van der Waals surface area (Å²) in [5, 5.41) is 0. The van der Waals surface area contributed by atoms with E-state index in [9.17, 15) is 4.79 Å². The van der Waals surface area contributed by atoms with Gasteiger partial charge in [-0.15, -0.1) is 0 Å². The molecule has 1 atom stereocenters. The Morgan fingerprint density at radius 2 is 2.18 bits per heavy atom. The van der Waals surface area contributed by atoms with Gasteiger partial charge in [0.05, 0.1) is 0 Å². The highest BCUT2D eigenvalue weighted by molar-refractivity contribution is 5.77. The molecule has 0 spiro atoms. The van der Waals surface area contributed by atoms with Gasteiger partial charge in [-0.25, -0.2) is 0 Å². The topological polar surface area (TPSA) is 20.3 Å². The van der Waals surface area contributed by atoms with Gasteiger partial charge in [0.15, 0.2) is 0 Å². The maximum atomic E-state index is 11.4. The van der Waals surface area contributed by atoms with E-state index in [1.807, 2.05) is 4.90 Å². The third kappa shape index (κ3) is 1.95. The molecule has 0 aromatic heterocycles. The van der Waals surface area contributed by atoms with Gasteiger partial charge < -0.3 is 4.90 Å². The maximum absolute atomic E-state index is 11.4. The Bertz CT molecular complexity index is 154. The summed E-state index contributed by atoms with van der Waals surface area (Å²) >= 11 is 0. The summed E-state index contributed by atoms with van der Waals surface area (Å²) in [5.74, 6) is 0.927. The van der Waals surface area contributed by atoms with Gasteiger partial charge in [0, 0.05) is 19.0 Å². The smallest absolute Gasteiger partial charge is 0.223 e. The van der Waals surface area contributed by atoms with Crippen LogP contribution < -0.4 is 0 Å². The molecule has 1 amide bonds. The molecule has 64 valence electrons. The number of amides is 1. The summed E-state index contributed by atoms with van der Waals surface area (Å²) in [6, 6.07) is 0.384. The predicted molar refractivity (Wildman–Crippen MR) is 45.2 cm³/mol. The minimum absolute atomic E-state index is 0.332. The maximum Gasteiger partial charge on any atom is 0.223 e. The number of piperidine rings is 1. The number of rotatable bonds is 1. The van der Waals surface area contributed by atoms with Crippen LogP contribution in [0.5, 0.6) is 0 Å². The van der Waals surface area contributed by atoms with Gasteiger partial charge in [-0.05, 0) is 26.2 Å². The van der Waals surface area contributed by atoms with Gasteiger partial charge in [-0.2, -0.15) is 0 Å². The quantitative estimate of drug-likeness (QED) is 0.564. The van der Waals surface area contributed by atoms with E-state index >= 15 is 0 Å². The Hall–Kier alpha value is -0.530. The van der Waals surface area contributed by atoms with Crippen LogP contribution in [0.4, 0.5) is 0 Å². The molecule has 2 heteroatoms. The normalized spacial score (nSPS) is 26.4. The van der Waals surface area contributed by atoms with Crippen molar-refractivity contribution in [1.29, 1.82) is 0 Å². The minimum Gasteiger partial charge on any atom is -0.340 e. The molecule has 0 unspecified atom stereocenters. The van der Waals surface area contributed by atoms with Crippen LogP contribution in [0, 0.1) is 5.92 Å². The molecule has 0 N–H and O–H groups in total. The Labute approximate surface area is 68.6 Å². The molecule has 1 aliphatic rings. The summed E-state index contributed by atoms with van der Waals surface area (Å²) < 4.78 is 0. The van der Waals surface area contributed by atoms with Crippen molar-refractivity contribution in [2.75, 3.05) is 6.54 Å². The second-order valence-electron chi connectivity index (χ2n) is 3.78. The second kappa shape index (κ2) is 3.24. The first-order valence-electron chi connectivity index (χ1n) is 4.40. The van der Waals surface area contributed by atoms with Gasteiger partial charge in [0.1, 0.15) is 0 Å². The zero-order valence-electron chi connectivity index (χ0n) is 7.63. The van der Waals surface area contributed by atoms with E-state index in [1.165, 1.54) is 6.42 Å². The van der Waals surface area contributed by atoms with Crippen LogP contribution in [0.25, 0.3) is 0 Å². The average molecular weight is 155 g/mol. The molecule has 0 radical (unpaired) electrons. The van der Waals surface area contributed by atoms with E-state index in [0.717, 1.165) is 13.0 Å². The second-order valence-corrected chi connectivity index (χ2v) is 3.78. The third-order valence-electron chi connectivity index (χ3n) is 2.33. The molecule has 0 aliphatic carbocycles. The van der Waals surface area contributed by atoms with Crippen molar-refractivity contribution in [3.63, 3.8) is 0 Å². The fourth-order valence-corrected chi connectivity index (χ4v) is 1.55. The lowest BCUT2D eigenvalue weighted by Crippen LogP contribution is -2.42. The Balaban J connectivity index is 2.51. The summed E-state index contributed by atoms with van der Waals surface area (Å²) in [4.78, 5) is 13.3. The first-order chi connectivity index (χ1) is 5.11. The number of likely N-dealkylation sites (tertiary alicyclic amines) is 1. The first kappa shape index (κ1) is 8.57. The Morgan fingerprint density at radius 1 is 1.55 bits per heavy atom. The van der Waals surface area contributed by atoms with Crippen molar-refractivity contribution in [3.05, 3.63) is 0 Å². The largest absolute Gasteiger partial charge is 0.340 e. The van der Waals surface area contributed by atoms with Crippen molar-refractivity contribution in [2.24, 2.45) is 5.92 Å². The SMILES string of the molecule is CC(C)N1CC[C@@H](C)CC1=O.